The number of hydrogen-bond acceptors (Lipinski definition) is 6. The molecule has 2 aliphatic rings. The minimum atomic E-state index is -0.692. The lowest BCUT2D eigenvalue weighted by atomic mass is 10.2. The second kappa shape index (κ2) is 7.60. The number of thioether (sulfide) groups is 2. The van der Waals surface area contributed by atoms with Gasteiger partial charge < -0.3 is 19.7 Å². The maximum atomic E-state index is 12.2. The molecule has 1 aromatic carbocycles. The van der Waals surface area contributed by atoms with Gasteiger partial charge in [0.2, 0.25) is 5.91 Å². The highest BCUT2D eigenvalue weighted by Gasteiger charge is 2.48. The minimum absolute atomic E-state index is 0.100. The Kier molecular flexibility index (Phi) is 5.65. The average molecular weight is 401 g/mol. The number of alkyl halides is 1. The third kappa shape index (κ3) is 4.15. The van der Waals surface area contributed by atoms with Gasteiger partial charge in [-0.15, -0.1) is 23.4 Å². The highest BCUT2D eigenvalue weighted by atomic mass is 35.5. The first kappa shape index (κ1) is 18.6. The molecule has 1 heterocycles. The highest BCUT2D eigenvalue weighted by molar-refractivity contribution is 8.18. The van der Waals surface area contributed by atoms with Crippen LogP contribution >= 0.6 is 35.1 Å². The van der Waals surface area contributed by atoms with Crippen molar-refractivity contribution in [2.75, 3.05) is 20.5 Å². The Labute approximate surface area is 161 Å². The van der Waals surface area contributed by atoms with Gasteiger partial charge in [-0.05, 0) is 31.2 Å². The molecule has 1 aromatic rings. The molecule has 1 unspecified atom stereocenters. The predicted molar refractivity (Wildman–Crippen MR) is 104 cm³/mol. The van der Waals surface area contributed by atoms with Crippen LogP contribution in [-0.4, -0.2) is 40.9 Å². The standard InChI is InChI=1S/C17H21ClN2O3S2/c1-22-12-5-4-11(13(8-12)23-2)9-20-10-14(25-16(20)24-3)19-15(21)17(18)6-7-17/h4-5,8,10,16H,6-7,9H2,1-3H3,(H,19,21). The normalized spacial score (nSPS) is 20.9. The van der Waals surface area contributed by atoms with Gasteiger partial charge in [0.25, 0.3) is 0 Å². The lowest BCUT2D eigenvalue weighted by molar-refractivity contribution is -0.120. The number of benzene rings is 1. The van der Waals surface area contributed by atoms with Gasteiger partial charge in [0.1, 0.15) is 21.1 Å². The van der Waals surface area contributed by atoms with Crippen LogP contribution in [0.4, 0.5) is 0 Å². The van der Waals surface area contributed by atoms with Crippen molar-refractivity contribution in [3.63, 3.8) is 0 Å². The maximum absolute atomic E-state index is 12.2. The Morgan fingerprint density at radius 2 is 2.20 bits per heavy atom. The van der Waals surface area contributed by atoms with Crippen LogP contribution in [0.1, 0.15) is 18.4 Å². The third-order valence-corrected chi connectivity index (χ3v) is 7.19. The van der Waals surface area contributed by atoms with Crippen LogP contribution in [0.25, 0.3) is 0 Å². The van der Waals surface area contributed by atoms with Gasteiger partial charge in [-0.1, -0.05) is 11.8 Å². The number of nitrogens with zero attached hydrogens (tertiary/aromatic N) is 1. The molecular weight excluding hydrogens is 380 g/mol. The lowest BCUT2D eigenvalue weighted by Gasteiger charge is -2.23. The number of hydrogen-bond donors (Lipinski definition) is 1. The third-order valence-electron chi connectivity index (χ3n) is 4.16. The fourth-order valence-electron chi connectivity index (χ4n) is 2.52. The fourth-order valence-corrected chi connectivity index (χ4v) is 4.60. The van der Waals surface area contributed by atoms with Crippen molar-refractivity contribution in [1.29, 1.82) is 0 Å². The molecule has 0 aromatic heterocycles. The second-order valence-corrected chi connectivity index (χ2v) is 8.99. The molecule has 25 heavy (non-hydrogen) atoms. The van der Waals surface area contributed by atoms with E-state index in [-0.39, 0.29) is 10.6 Å². The van der Waals surface area contributed by atoms with Crippen molar-refractivity contribution >= 4 is 41.0 Å². The maximum Gasteiger partial charge on any atom is 0.245 e. The summed E-state index contributed by atoms with van der Waals surface area (Å²) in [5.74, 6) is 1.45. The molecule has 8 heteroatoms. The summed E-state index contributed by atoms with van der Waals surface area (Å²) >= 11 is 9.53. The Morgan fingerprint density at radius 3 is 2.80 bits per heavy atom. The summed E-state index contributed by atoms with van der Waals surface area (Å²) in [4.78, 5) is 13.6. The Hall–Kier alpha value is -1.18. The molecule has 0 spiro atoms. The summed E-state index contributed by atoms with van der Waals surface area (Å²) in [6, 6.07) is 5.80. The zero-order chi connectivity index (χ0) is 18.0. The van der Waals surface area contributed by atoms with Crippen molar-refractivity contribution in [2.45, 2.75) is 29.0 Å². The topological polar surface area (TPSA) is 50.8 Å². The highest BCUT2D eigenvalue weighted by Crippen LogP contribution is 2.44. The van der Waals surface area contributed by atoms with E-state index in [4.69, 9.17) is 21.1 Å². The molecule has 136 valence electrons. The van der Waals surface area contributed by atoms with E-state index in [1.165, 1.54) is 0 Å². The van der Waals surface area contributed by atoms with Gasteiger partial charge >= 0.3 is 0 Å². The first-order valence-corrected chi connectivity index (χ1v) is 10.4. The van der Waals surface area contributed by atoms with Crippen LogP contribution in [0.3, 0.4) is 0 Å². The molecule has 0 bridgehead atoms. The number of ether oxygens (including phenoxy) is 2. The van der Waals surface area contributed by atoms with E-state index >= 15 is 0 Å². The van der Waals surface area contributed by atoms with Crippen molar-refractivity contribution in [3.05, 3.63) is 35.0 Å². The van der Waals surface area contributed by atoms with Gasteiger partial charge in [-0.2, -0.15) is 0 Å². The molecule has 0 saturated heterocycles. The smallest absolute Gasteiger partial charge is 0.245 e. The van der Waals surface area contributed by atoms with Crippen molar-refractivity contribution in [2.24, 2.45) is 0 Å². The quantitative estimate of drug-likeness (QED) is 0.706. The van der Waals surface area contributed by atoms with Crippen LogP contribution in [0.2, 0.25) is 0 Å². The number of methoxy groups -OCH3 is 2. The van der Waals surface area contributed by atoms with Gasteiger partial charge in [-0.25, -0.2) is 0 Å². The summed E-state index contributed by atoms with van der Waals surface area (Å²) in [5, 5.41) is 3.79. The number of rotatable bonds is 7. The molecule has 1 fully saturated rings. The number of amides is 1. The molecule has 1 N–H and O–H groups in total. The van der Waals surface area contributed by atoms with Gasteiger partial charge in [0, 0.05) is 24.4 Å². The summed E-state index contributed by atoms with van der Waals surface area (Å²) in [6.07, 6.45) is 5.53. The zero-order valence-corrected chi connectivity index (χ0v) is 16.8. The SMILES string of the molecule is COc1ccc(CN2C=C(NC(=O)C3(Cl)CC3)SC2SC)c(OC)c1. The molecule has 3 rings (SSSR count). The van der Waals surface area contributed by atoms with E-state index in [0.29, 0.717) is 6.54 Å². The number of halogens is 1. The second-order valence-electron chi connectivity index (χ2n) is 5.92. The van der Waals surface area contributed by atoms with Crippen LogP contribution < -0.4 is 14.8 Å². The summed E-state index contributed by atoms with van der Waals surface area (Å²) < 4.78 is 10.9. The molecule has 1 aliphatic heterocycles. The van der Waals surface area contributed by atoms with E-state index in [9.17, 15) is 4.79 Å². The van der Waals surface area contributed by atoms with E-state index < -0.39 is 4.87 Å². The molecule has 5 nitrogen and oxygen atoms in total. The van der Waals surface area contributed by atoms with Gasteiger partial charge in [-0.3, -0.25) is 4.79 Å². The first-order chi connectivity index (χ1) is 12.0. The molecule has 1 aliphatic carbocycles. The molecular formula is C17H21ClN2O3S2. The molecule has 1 atom stereocenters. The molecule has 1 amide bonds. The first-order valence-electron chi connectivity index (χ1n) is 7.87. The Balaban J connectivity index is 1.72. The van der Waals surface area contributed by atoms with E-state index in [2.05, 4.69) is 16.5 Å². The van der Waals surface area contributed by atoms with Crippen molar-refractivity contribution in [3.8, 4) is 11.5 Å². The van der Waals surface area contributed by atoms with E-state index in [1.807, 2.05) is 24.4 Å². The number of carbonyl (C=O) groups excluding carboxylic acids is 1. The minimum Gasteiger partial charge on any atom is -0.497 e. The van der Waals surface area contributed by atoms with Crippen molar-refractivity contribution < 1.29 is 14.3 Å². The van der Waals surface area contributed by atoms with Crippen LogP contribution in [0.5, 0.6) is 11.5 Å². The monoisotopic (exact) mass is 400 g/mol. The van der Waals surface area contributed by atoms with Gasteiger partial charge in [0.05, 0.1) is 19.2 Å². The van der Waals surface area contributed by atoms with Crippen molar-refractivity contribution in [1.82, 2.24) is 10.2 Å². The molecule has 0 radical (unpaired) electrons. The van der Waals surface area contributed by atoms with Crippen LogP contribution in [0.15, 0.2) is 29.4 Å². The van der Waals surface area contributed by atoms with E-state index in [0.717, 1.165) is 34.9 Å². The zero-order valence-electron chi connectivity index (χ0n) is 14.4. The predicted octanol–water partition coefficient (Wildman–Crippen LogP) is 3.59. The number of carbonyl (C=O) groups is 1. The van der Waals surface area contributed by atoms with Crippen LogP contribution in [0, 0.1) is 0 Å². The lowest BCUT2D eigenvalue weighted by Crippen LogP contribution is -2.30. The van der Waals surface area contributed by atoms with Crippen LogP contribution in [-0.2, 0) is 11.3 Å². The largest absolute Gasteiger partial charge is 0.497 e. The van der Waals surface area contributed by atoms with E-state index in [1.54, 1.807) is 37.7 Å². The summed E-state index contributed by atoms with van der Waals surface area (Å²) in [6.45, 7) is 0.678. The Bertz CT molecular complexity index is 694. The molecule has 1 saturated carbocycles. The van der Waals surface area contributed by atoms with Gasteiger partial charge in [0.15, 0.2) is 0 Å². The Morgan fingerprint density at radius 1 is 1.44 bits per heavy atom. The summed E-state index contributed by atoms with van der Waals surface area (Å²) in [5.41, 5.74) is 1.06. The number of nitrogens with one attached hydrogen (secondary N) is 1. The fraction of sp³-hybridized carbons (Fsp3) is 0.471. The summed E-state index contributed by atoms with van der Waals surface area (Å²) in [7, 11) is 3.29. The average Bonchev–Trinajstić information content (AvgIpc) is 3.26.